The van der Waals surface area contributed by atoms with Gasteiger partial charge in [-0.05, 0) is 42.0 Å². The highest BCUT2D eigenvalue weighted by molar-refractivity contribution is 8.26. The van der Waals surface area contributed by atoms with Gasteiger partial charge in [0, 0.05) is 10.0 Å². The van der Waals surface area contributed by atoms with Crippen molar-refractivity contribution in [2.45, 2.75) is 13.3 Å². The number of carbonyl (C=O) groups excluding carboxylic acids is 1. The SMILES string of the molecule is CCC1=NN2C(=N)C(=Cc3ccc(Cl)cc3Cl)C(=O)N=C2S1. The van der Waals surface area contributed by atoms with Crippen molar-refractivity contribution < 1.29 is 4.79 Å². The molecule has 1 aromatic rings. The van der Waals surface area contributed by atoms with E-state index in [-0.39, 0.29) is 11.4 Å². The average Bonchev–Trinajstić information content (AvgIpc) is 2.88. The van der Waals surface area contributed by atoms with E-state index in [0.717, 1.165) is 11.5 Å². The number of amidine groups is 2. The smallest absolute Gasteiger partial charge is 0.282 e. The molecule has 0 aliphatic carbocycles. The van der Waals surface area contributed by atoms with E-state index in [1.807, 2.05) is 6.92 Å². The lowest BCUT2D eigenvalue weighted by Gasteiger charge is -2.20. The predicted molar refractivity (Wildman–Crippen MR) is 91.8 cm³/mol. The quantitative estimate of drug-likeness (QED) is 0.817. The number of nitrogens with zero attached hydrogens (tertiary/aromatic N) is 3. The summed E-state index contributed by atoms with van der Waals surface area (Å²) in [5.41, 5.74) is 0.749. The number of halogens is 2. The van der Waals surface area contributed by atoms with E-state index in [4.69, 9.17) is 28.6 Å². The Balaban J connectivity index is 2.02. The number of fused-ring (bicyclic) bond motifs is 1. The van der Waals surface area contributed by atoms with Crippen molar-refractivity contribution in [3.05, 3.63) is 39.4 Å². The van der Waals surface area contributed by atoms with Crippen LogP contribution in [0.1, 0.15) is 18.9 Å². The maximum Gasteiger partial charge on any atom is 0.283 e. The molecule has 0 spiro atoms. The lowest BCUT2D eigenvalue weighted by atomic mass is 10.1. The number of hydrogen-bond acceptors (Lipinski definition) is 4. The molecule has 22 heavy (non-hydrogen) atoms. The van der Waals surface area contributed by atoms with E-state index in [1.165, 1.54) is 22.8 Å². The van der Waals surface area contributed by atoms with Crippen LogP contribution in [0.25, 0.3) is 6.08 Å². The van der Waals surface area contributed by atoms with Crippen molar-refractivity contribution in [3.63, 3.8) is 0 Å². The number of amides is 1. The number of hydrogen-bond donors (Lipinski definition) is 1. The van der Waals surface area contributed by atoms with Crippen LogP contribution in [0.4, 0.5) is 0 Å². The van der Waals surface area contributed by atoms with Gasteiger partial charge in [0.25, 0.3) is 5.91 Å². The Labute approximate surface area is 141 Å². The maximum atomic E-state index is 12.2. The molecule has 1 amide bonds. The summed E-state index contributed by atoms with van der Waals surface area (Å²) < 4.78 is 0. The number of hydrazone groups is 1. The van der Waals surface area contributed by atoms with Crippen LogP contribution >= 0.6 is 35.0 Å². The highest BCUT2D eigenvalue weighted by Crippen LogP contribution is 2.30. The van der Waals surface area contributed by atoms with Crippen LogP contribution in [0.5, 0.6) is 0 Å². The monoisotopic (exact) mass is 352 g/mol. The molecule has 3 rings (SSSR count). The summed E-state index contributed by atoms with van der Waals surface area (Å²) in [5.74, 6) is -0.473. The maximum absolute atomic E-state index is 12.2. The number of benzene rings is 1. The van der Waals surface area contributed by atoms with Gasteiger partial charge in [0.15, 0.2) is 5.84 Å². The molecule has 112 valence electrons. The predicted octanol–water partition coefficient (Wildman–Crippen LogP) is 4.02. The third-order valence-electron chi connectivity index (χ3n) is 3.06. The van der Waals surface area contributed by atoms with Crippen molar-refractivity contribution in [1.82, 2.24) is 5.01 Å². The fourth-order valence-electron chi connectivity index (χ4n) is 1.95. The molecule has 0 aromatic heterocycles. The molecule has 2 heterocycles. The molecule has 0 unspecified atom stereocenters. The highest BCUT2D eigenvalue weighted by Gasteiger charge is 2.35. The first-order valence-corrected chi connectivity index (χ1v) is 8.01. The van der Waals surface area contributed by atoms with Crippen molar-refractivity contribution in [3.8, 4) is 0 Å². The van der Waals surface area contributed by atoms with Gasteiger partial charge in [-0.1, -0.05) is 36.2 Å². The van der Waals surface area contributed by atoms with E-state index < -0.39 is 5.91 Å². The molecule has 0 fully saturated rings. The van der Waals surface area contributed by atoms with Gasteiger partial charge in [-0.15, -0.1) is 0 Å². The van der Waals surface area contributed by atoms with Crippen LogP contribution in [0.3, 0.4) is 0 Å². The number of carbonyl (C=O) groups is 1. The molecule has 0 radical (unpaired) electrons. The first kappa shape index (κ1) is 15.3. The fraction of sp³-hybridized carbons (Fsp3) is 0.143. The Morgan fingerprint density at radius 2 is 2.18 bits per heavy atom. The topological polar surface area (TPSA) is 68.9 Å². The molecule has 0 saturated carbocycles. The molecule has 0 atom stereocenters. The Morgan fingerprint density at radius 3 is 2.86 bits per heavy atom. The minimum atomic E-state index is -0.470. The number of nitrogens with one attached hydrogen (secondary N) is 1. The molecule has 2 aliphatic heterocycles. The van der Waals surface area contributed by atoms with Crippen molar-refractivity contribution in [2.24, 2.45) is 10.1 Å². The van der Waals surface area contributed by atoms with E-state index >= 15 is 0 Å². The van der Waals surface area contributed by atoms with Crippen molar-refractivity contribution in [1.29, 1.82) is 5.41 Å². The fourth-order valence-corrected chi connectivity index (χ4v) is 3.24. The molecular formula is C14H10Cl2N4OS. The molecule has 1 aromatic carbocycles. The van der Waals surface area contributed by atoms with Crippen LogP contribution in [-0.4, -0.2) is 27.0 Å². The van der Waals surface area contributed by atoms with Crippen molar-refractivity contribution in [2.75, 3.05) is 0 Å². The zero-order chi connectivity index (χ0) is 15.9. The van der Waals surface area contributed by atoms with Gasteiger partial charge >= 0.3 is 0 Å². The molecule has 0 saturated heterocycles. The van der Waals surface area contributed by atoms with Crippen molar-refractivity contribution >= 4 is 63.0 Å². The van der Waals surface area contributed by atoms with Gasteiger partial charge in [-0.3, -0.25) is 10.2 Å². The molecule has 5 nitrogen and oxygen atoms in total. The van der Waals surface area contributed by atoms with E-state index in [9.17, 15) is 4.79 Å². The zero-order valence-corrected chi connectivity index (χ0v) is 13.8. The standard InChI is InChI=1S/C14H10Cl2N4OS/c1-2-11-19-20-12(17)9(13(21)18-14(20)22-11)5-7-3-4-8(15)6-10(7)16/h3-6,17H,2H2,1H3. The minimum Gasteiger partial charge on any atom is -0.282 e. The Hall–Kier alpha value is -1.63. The minimum absolute atomic E-state index is 0.00281. The van der Waals surface area contributed by atoms with Gasteiger partial charge in [0.1, 0.15) is 5.04 Å². The Bertz CT molecular complexity index is 785. The number of rotatable bonds is 2. The molecule has 1 N–H and O–H groups in total. The summed E-state index contributed by atoms with van der Waals surface area (Å²) in [4.78, 5) is 16.2. The Morgan fingerprint density at radius 1 is 1.41 bits per heavy atom. The highest BCUT2D eigenvalue weighted by atomic mass is 35.5. The Kier molecular flexibility index (Phi) is 4.08. The first-order valence-electron chi connectivity index (χ1n) is 6.43. The molecule has 2 aliphatic rings. The van der Waals surface area contributed by atoms with Crippen LogP contribution in [0.15, 0.2) is 33.9 Å². The van der Waals surface area contributed by atoms with Gasteiger partial charge < -0.3 is 0 Å². The van der Waals surface area contributed by atoms with Gasteiger partial charge in [0.2, 0.25) is 5.17 Å². The lowest BCUT2D eigenvalue weighted by molar-refractivity contribution is -0.114. The third kappa shape index (κ3) is 2.69. The van der Waals surface area contributed by atoms with Gasteiger partial charge in [-0.2, -0.15) is 15.1 Å². The van der Waals surface area contributed by atoms with Gasteiger partial charge in [-0.25, -0.2) is 0 Å². The van der Waals surface area contributed by atoms with Crippen LogP contribution in [-0.2, 0) is 4.79 Å². The number of aliphatic imine (C=N–C) groups is 1. The third-order valence-corrected chi connectivity index (χ3v) is 4.68. The van der Waals surface area contributed by atoms with E-state index in [2.05, 4.69) is 10.1 Å². The average molecular weight is 353 g/mol. The normalized spacial score (nSPS) is 19.4. The summed E-state index contributed by atoms with van der Waals surface area (Å²) in [6.45, 7) is 1.96. The molecule has 0 bridgehead atoms. The molecule has 8 heteroatoms. The second-order valence-electron chi connectivity index (χ2n) is 4.53. The second kappa shape index (κ2) is 5.87. The zero-order valence-electron chi connectivity index (χ0n) is 11.4. The lowest BCUT2D eigenvalue weighted by Crippen LogP contribution is -2.35. The summed E-state index contributed by atoms with van der Waals surface area (Å²) >= 11 is 13.3. The molecular weight excluding hydrogens is 343 g/mol. The largest absolute Gasteiger partial charge is 0.283 e. The van der Waals surface area contributed by atoms with Crippen LogP contribution in [0.2, 0.25) is 10.0 Å². The summed E-state index contributed by atoms with van der Waals surface area (Å²) in [6.07, 6.45) is 2.26. The van der Waals surface area contributed by atoms with E-state index in [1.54, 1.807) is 18.2 Å². The van der Waals surface area contributed by atoms with Crippen LogP contribution in [0, 0.1) is 5.41 Å². The summed E-state index contributed by atoms with van der Waals surface area (Å²) in [5, 5.41) is 16.0. The summed E-state index contributed by atoms with van der Waals surface area (Å²) in [6, 6.07) is 4.95. The van der Waals surface area contributed by atoms with E-state index in [0.29, 0.717) is 20.8 Å². The number of thioether (sulfide) groups is 1. The first-order chi connectivity index (χ1) is 10.5. The second-order valence-corrected chi connectivity index (χ2v) is 6.42. The van der Waals surface area contributed by atoms with Crippen LogP contribution < -0.4 is 0 Å². The summed E-state index contributed by atoms with van der Waals surface area (Å²) in [7, 11) is 0. The van der Waals surface area contributed by atoms with Gasteiger partial charge in [0.05, 0.1) is 5.57 Å².